The first kappa shape index (κ1) is 11.3. The van der Waals surface area contributed by atoms with Gasteiger partial charge in [-0.05, 0) is 18.6 Å². The Bertz CT molecular complexity index is 233. The van der Waals surface area contributed by atoms with Crippen molar-refractivity contribution in [3.8, 4) is 5.75 Å². The molecule has 0 radical (unpaired) electrons. The fraction of sp³-hybridized carbons (Fsp3) is 0.400. The molecule has 0 saturated carbocycles. The quantitative estimate of drug-likeness (QED) is 0.650. The van der Waals surface area contributed by atoms with E-state index in [9.17, 15) is 0 Å². The zero-order chi connectivity index (χ0) is 9.56. The van der Waals surface area contributed by atoms with E-state index in [1.807, 2.05) is 39.0 Å². The summed E-state index contributed by atoms with van der Waals surface area (Å²) < 4.78 is 4.99. The van der Waals surface area contributed by atoms with Gasteiger partial charge in [0, 0.05) is 0 Å². The summed E-state index contributed by atoms with van der Waals surface area (Å²) in [5, 5.41) is 0.699. The van der Waals surface area contributed by atoms with Gasteiger partial charge in [-0.25, -0.2) is 0 Å². The van der Waals surface area contributed by atoms with Crippen LogP contribution in [0.1, 0.15) is 19.4 Å². The lowest BCUT2D eigenvalue weighted by Gasteiger charge is -2.03. The fourth-order valence-corrected chi connectivity index (χ4v) is 0.981. The second-order valence-electron chi connectivity index (χ2n) is 2.09. The Balaban J connectivity index is 0.000000561. The molecule has 0 unspecified atom stereocenters. The van der Waals surface area contributed by atoms with Crippen LogP contribution in [0.25, 0.3) is 0 Å². The SMILES string of the molecule is CC.COc1cccc(C)c1Cl. The lowest BCUT2D eigenvalue weighted by atomic mass is 10.2. The number of ether oxygens (including phenoxy) is 1. The Morgan fingerprint density at radius 2 is 1.83 bits per heavy atom. The highest BCUT2D eigenvalue weighted by Crippen LogP contribution is 2.26. The molecule has 2 heteroatoms. The first-order chi connectivity index (χ1) is 5.75. The molecule has 0 aromatic heterocycles. The Morgan fingerprint density at radius 1 is 1.25 bits per heavy atom. The highest BCUT2D eigenvalue weighted by atomic mass is 35.5. The summed E-state index contributed by atoms with van der Waals surface area (Å²) in [7, 11) is 1.61. The molecule has 0 spiro atoms. The third-order valence-corrected chi connectivity index (χ3v) is 1.86. The summed E-state index contributed by atoms with van der Waals surface area (Å²) in [4.78, 5) is 0. The van der Waals surface area contributed by atoms with Crippen LogP contribution in [0.4, 0.5) is 0 Å². The van der Waals surface area contributed by atoms with Crippen molar-refractivity contribution in [3.05, 3.63) is 28.8 Å². The maximum Gasteiger partial charge on any atom is 0.137 e. The summed E-state index contributed by atoms with van der Waals surface area (Å²) in [5.41, 5.74) is 1.04. The van der Waals surface area contributed by atoms with Gasteiger partial charge in [0.05, 0.1) is 12.1 Å². The van der Waals surface area contributed by atoms with Crippen molar-refractivity contribution >= 4 is 11.6 Å². The van der Waals surface area contributed by atoms with Crippen LogP contribution in [-0.4, -0.2) is 7.11 Å². The van der Waals surface area contributed by atoms with Crippen LogP contribution in [0, 0.1) is 6.92 Å². The molecular formula is C10H15ClO. The van der Waals surface area contributed by atoms with E-state index < -0.39 is 0 Å². The van der Waals surface area contributed by atoms with E-state index >= 15 is 0 Å². The minimum atomic E-state index is 0.699. The summed E-state index contributed by atoms with van der Waals surface area (Å²) >= 11 is 5.87. The van der Waals surface area contributed by atoms with Crippen LogP contribution in [0.2, 0.25) is 5.02 Å². The maximum atomic E-state index is 5.87. The minimum absolute atomic E-state index is 0.699. The standard InChI is InChI=1S/C8H9ClO.C2H6/c1-6-4-3-5-7(10-2)8(6)9;1-2/h3-5H,1-2H3;1-2H3. The minimum Gasteiger partial charge on any atom is -0.495 e. The molecule has 0 heterocycles. The van der Waals surface area contributed by atoms with Gasteiger partial charge in [0.1, 0.15) is 5.75 Å². The van der Waals surface area contributed by atoms with Crippen molar-refractivity contribution in [2.75, 3.05) is 7.11 Å². The molecule has 68 valence electrons. The van der Waals surface area contributed by atoms with E-state index in [1.165, 1.54) is 0 Å². The van der Waals surface area contributed by atoms with Gasteiger partial charge in [-0.1, -0.05) is 37.6 Å². The second-order valence-corrected chi connectivity index (χ2v) is 2.47. The van der Waals surface area contributed by atoms with Gasteiger partial charge < -0.3 is 4.74 Å². The lowest BCUT2D eigenvalue weighted by molar-refractivity contribution is 0.414. The normalized spacial score (nSPS) is 8.42. The number of halogens is 1. The molecule has 1 aromatic carbocycles. The van der Waals surface area contributed by atoms with Gasteiger partial charge in [-0.2, -0.15) is 0 Å². The van der Waals surface area contributed by atoms with Crippen LogP contribution in [-0.2, 0) is 0 Å². The number of rotatable bonds is 1. The number of aryl methyl sites for hydroxylation is 1. The van der Waals surface area contributed by atoms with Gasteiger partial charge in [0.2, 0.25) is 0 Å². The van der Waals surface area contributed by atoms with E-state index in [0.29, 0.717) is 5.02 Å². The molecule has 0 bridgehead atoms. The highest BCUT2D eigenvalue weighted by molar-refractivity contribution is 6.32. The molecule has 0 fully saturated rings. The van der Waals surface area contributed by atoms with Crippen molar-refractivity contribution < 1.29 is 4.74 Å². The zero-order valence-corrected chi connectivity index (χ0v) is 8.77. The third kappa shape index (κ3) is 2.74. The highest BCUT2D eigenvalue weighted by Gasteiger charge is 1.99. The monoisotopic (exact) mass is 186 g/mol. The first-order valence-electron chi connectivity index (χ1n) is 4.05. The van der Waals surface area contributed by atoms with Crippen LogP contribution >= 0.6 is 11.6 Å². The van der Waals surface area contributed by atoms with E-state index in [2.05, 4.69) is 0 Å². The first-order valence-corrected chi connectivity index (χ1v) is 4.42. The molecule has 0 N–H and O–H groups in total. The average molecular weight is 187 g/mol. The smallest absolute Gasteiger partial charge is 0.137 e. The van der Waals surface area contributed by atoms with Crippen LogP contribution < -0.4 is 4.74 Å². The summed E-state index contributed by atoms with van der Waals surface area (Å²) in [6, 6.07) is 5.71. The maximum absolute atomic E-state index is 5.87. The summed E-state index contributed by atoms with van der Waals surface area (Å²) in [6.45, 7) is 5.95. The number of benzene rings is 1. The predicted molar refractivity (Wildman–Crippen MR) is 54.1 cm³/mol. The molecule has 0 amide bonds. The topological polar surface area (TPSA) is 9.23 Å². The van der Waals surface area contributed by atoms with Crippen LogP contribution in [0.15, 0.2) is 18.2 Å². The van der Waals surface area contributed by atoms with Crippen molar-refractivity contribution in [2.24, 2.45) is 0 Å². The predicted octanol–water partition coefficient (Wildman–Crippen LogP) is 3.68. The molecule has 0 aliphatic heterocycles. The molecule has 1 aromatic rings. The van der Waals surface area contributed by atoms with Crippen LogP contribution in [0.5, 0.6) is 5.75 Å². The number of hydrogen-bond donors (Lipinski definition) is 0. The molecule has 12 heavy (non-hydrogen) atoms. The molecule has 0 saturated heterocycles. The Kier molecular flexibility index (Phi) is 5.56. The van der Waals surface area contributed by atoms with Crippen LogP contribution in [0.3, 0.4) is 0 Å². The van der Waals surface area contributed by atoms with Crippen molar-refractivity contribution in [1.29, 1.82) is 0 Å². The Labute approximate surface area is 79.3 Å². The van der Waals surface area contributed by atoms with Crippen molar-refractivity contribution in [3.63, 3.8) is 0 Å². The number of methoxy groups -OCH3 is 1. The second kappa shape index (κ2) is 5.90. The van der Waals surface area contributed by atoms with E-state index in [4.69, 9.17) is 16.3 Å². The molecule has 0 atom stereocenters. The zero-order valence-electron chi connectivity index (χ0n) is 8.02. The number of hydrogen-bond acceptors (Lipinski definition) is 1. The summed E-state index contributed by atoms with van der Waals surface area (Å²) in [5.74, 6) is 0.738. The molecule has 1 rings (SSSR count). The van der Waals surface area contributed by atoms with E-state index in [1.54, 1.807) is 7.11 Å². The van der Waals surface area contributed by atoms with Crippen molar-refractivity contribution in [2.45, 2.75) is 20.8 Å². The van der Waals surface area contributed by atoms with Gasteiger partial charge in [0.25, 0.3) is 0 Å². The van der Waals surface area contributed by atoms with Crippen molar-refractivity contribution in [1.82, 2.24) is 0 Å². The molecular weight excluding hydrogens is 172 g/mol. The van der Waals surface area contributed by atoms with E-state index in [-0.39, 0.29) is 0 Å². The Morgan fingerprint density at radius 3 is 2.25 bits per heavy atom. The molecule has 1 nitrogen and oxygen atoms in total. The Hall–Kier alpha value is -0.690. The molecule has 0 aliphatic carbocycles. The molecule has 0 aliphatic rings. The largest absolute Gasteiger partial charge is 0.495 e. The fourth-order valence-electron chi connectivity index (χ4n) is 0.778. The lowest BCUT2D eigenvalue weighted by Crippen LogP contribution is -1.84. The third-order valence-electron chi connectivity index (χ3n) is 1.38. The van der Waals surface area contributed by atoms with Gasteiger partial charge in [0.15, 0.2) is 0 Å². The average Bonchev–Trinajstić information content (AvgIpc) is 2.13. The van der Waals surface area contributed by atoms with Gasteiger partial charge >= 0.3 is 0 Å². The summed E-state index contributed by atoms with van der Waals surface area (Å²) in [6.07, 6.45) is 0. The van der Waals surface area contributed by atoms with Gasteiger partial charge in [-0.3, -0.25) is 0 Å². The van der Waals surface area contributed by atoms with E-state index in [0.717, 1.165) is 11.3 Å². The van der Waals surface area contributed by atoms with Gasteiger partial charge in [-0.15, -0.1) is 0 Å².